The van der Waals surface area contributed by atoms with Gasteiger partial charge in [0.15, 0.2) is 0 Å². The molecule has 0 aliphatic carbocycles. The van der Waals surface area contributed by atoms with Crippen molar-refractivity contribution in [3.63, 3.8) is 0 Å². The summed E-state index contributed by atoms with van der Waals surface area (Å²) in [7, 11) is -5.83. The standard InChI is InChI=1S/Al.2BO3.Dy/c;2*2-1(3)4;/q+3;2*-3;+3. The molecule has 0 saturated carbocycles. The molecular weight excluding hydrogens is 307 g/mol. The third-order valence-electron chi connectivity index (χ3n) is 0. The van der Waals surface area contributed by atoms with Crippen LogP contribution >= 0.6 is 0 Å². The van der Waals surface area contributed by atoms with Crippen LogP contribution in [0.15, 0.2) is 0 Å². The minimum absolute atomic E-state index is 0. The molecule has 0 aromatic heterocycles. The number of hydrogen-bond donors (Lipinski definition) is 0. The maximum Gasteiger partial charge on any atom is 3.00 e. The van der Waals surface area contributed by atoms with E-state index in [9.17, 15) is 0 Å². The summed E-state index contributed by atoms with van der Waals surface area (Å²) in [6, 6.07) is 0. The van der Waals surface area contributed by atoms with Crippen LogP contribution in [0, 0.1) is 38.2 Å². The fourth-order valence-electron chi connectivity index (χ4n) is 0. The van der Waals surface area contributed by atoms with Crippen LogP contribution < -0.4 is 30.1 Å². The van der Waals surface area contributed by atoms with E-state index in [0.717, 1.165) is 0 Å². The number of rotatable bonds is 0. The van der Waals surface area contributed by atoms with Gasteiger partial charge in [-0.2, -0.15) is 0 Å². The second-order valence-corrected chi connectivity index (χ2v) is 0.577. The van der Waals surface area contributed by atoms with Gasteiger partial charge in [0.25, 0.3) is 0 Å². The molecule has 6 nitrogen and oxygen atoms in total. The van der Waals surface area contributed by atoms with Crippen LogP contribution in [-0.4, -0.2) is 32.0 Å². The Morgan fingerprint density at radius 2 is 0.600 bits per heavy atom. The molecule has 0 aromatic rings. The molecule has 0 spiro atoms. The fourth-order valence-corrected chi connectivity index (χ4v) is 0. The molecule has 0 heterocycles. The first kappa shape index (κ1) is 22.6. The van der Waals surface area contributed by atoms with Crippen LogP contribution in [-0.2, 0) is 0 Å². The molecule has 55 valence electrons. The average molecular weight is 307 g/mol. The van der Waals surface area contributed by atoms with Crippen molar-refractivity contribution in [1.29, 1.82) is 0 Å². The second kappa shape index (κ2) is 17.0. The Balaban J connectivity index is -0.0000000300. The van der Waals surface area contributed by atoms with Gasteiger partial charge in [0.2, 0.25) is 0 Å². The summed E-state index contributed by atoms with van der Waals surface area (Å²) in [6.45, 7) is 0. The van der Waals surface area contributed by atoms with Gasteiger partial charge >= 0.3 is 55.5 Å². The first-order valence-electron chi connectivity index (χ1n) is 1.41. The minimum atomic E-state index is -2.92. The van der Waals surface area contributed by atoms with E-state index < -0.39 is 14.6 Å². The van der Waals surface area contributed by atoms with E-state index in [4.69, 9.17) is 30.1 Å². The zero-order valence-corrected chi connectivity index (χ0v) is 7.68. The molecule has 0 aromatic carbocycles. The van der Waals surface area contributed by atoms with Gasteiger partial charge in [-0.1, -0.05) is 0 Å². The van der Waals surface area contributed by atoms with E-state index in [1.54, 1.807) is 0 Å². The summed E-state index contributed by atoms with van der Waals surface area (Å²) >= 11 is 0. The molecule has 0 rings (SSSR count). The van der Waals surface area contributed by atoms with Crippen LogP contribution in [0.4, 0.5) is 0 Å². The average Bonchev–Trinajstić information content (AvgIpc) is 1.25. The van der Waals surface area contributed by atoms with Gasteiger partial charge in [0.1, 0.15) is 0 Å². The Kier molecular flexibility index (Phi) is 38.4. The predicted molar refractivity (Wildman–Crippen MR) is 17.3 cm³/mol. The molecule has 0 fully saturated rings. The smallest absolute Gasteiger partial charge is 0.907 e. The van der Waals surface area contributed by atoms with E-state index in [1.807, 2.05) is 0 Å². The molecule has 0 atom stereocenters. The molecule has 0 aliphatic heterocycles. The van der Waals surface area contributed by atoms with Gasteiger partial charge in [-0.25, -0.2) is 0 Å². The summed E-state index contributed by atoms with van der Waals surface area (Å²) in [5, 5.41) is 50.5. The molecule has 10 heteroatoms. The summed E-state index contributed by atoms with van der Waals surface area (Å²) < 4.78 is 0. The molecule has 0 N–H and O–H groups in total. The van der Waals surface area contributed by atoms with Gasteiger partial charge in [0, 0.05) is 0 Å². The SMILES string of the molecule is [Al+3].[Dy+3].[O-]B([O-])[O-].[O-]B([O-])[O-]. The Morgan fingerprint density at radius 3 is 0.600 bits per heavy atom. The minimum Gasteiger partial charge on any atom is -0.907 e. The second-order valence-electron chi connectivity index (χ2n) is 0.577. The van der Waals surface area contributed by atoms with Crippen molar-refractivity contribution in [1.82, 2.24) is 0 Å². The summed E-state index contributed by atoms with van der Waals surface area (Å²) in [4.78, 5) is 0. The zero-order valence-electron chi connectivity index (χ0n) is 4.50. The maximum atomic E-state index is 8.42. The third kappa shape index (κ3) is 255. The van der Waals surface area contributed by atoms with Crippen molar-refractivity contribution >= 4 is 32.0 Å². The first-order chi connectivity index (χ1) is 3.46. The van der Waals surface area contributed by atoms with E-state index in [-0.39, 0.29) is 55.5 Å². The third-order valence-corrected chi connectivity index (χ3v) is 0. The molecule has 0 unspecified atom stereocenters. The van der Waals surface area contributed by atoms with Gasteiger partial charge in [0.05, 0.1) is 0 Å². The van der Waals surface area contributed by atoms with Crippen molar-refractivity contribution < 1.29 is 68.3 Å². The monoisotopic (exact) mass is 309 g/mol. The first-order valence-corrected chi connectivity index (χ1v) is 1.41. The van der Waals surface area contributed by atoms with Crippen LogP contribution in [0.5, 0.6) is 0 Å². The van der Waals surface area contributed by atoms with Gasteiger partial charge in [-0.05, 0) is 0 Å². The van der Waals surface area contributed by atoms with Gasteiger partial charge < -0.3 is 30.1 Å². The predicted octanol–water partition coefficient (Wildman–Crippen LogP) is -8.28. The summed E-state index contributed by atoms with van der Waals surface area (Å²) in [5.41, 5.74) is 0. The van der Waals surface area contributed by atoms with Crippen LogP contribution in [0.1, 0.15) is 0 Å². The summed E-state index contributed by atoms with van der Waals surface area (Å²) in [5.74, 6) is 0. The molecule has 0 saturated heterocycles. The van der Waals surface area contributed by atoms with E-state index in [0.29, 0.717) is 0 Å². The quantitative estimate of drug-likeness (QED) is 0.407. The largest absolute Gasteiger partial charge is 3.00 e. The Labute approximate surface area is 99.4 Å². The molecule has 0 bridgehead atoms. The van der Waals surface area contributed by atoms with Gasteiger partial charge in [-0.3, -0.25) is 14.6 Å². The van der Waals surface area contributed by atoms with E-state index >= 15 is 0 Å². The van der Waals surface area contributed by atoms with Crippen molar-refractivity contribution in [3.05, 3.63) is 0 Å². The van der Waals surface area contributed by atoms with Crippen LogP contribution in [0.25, 0.3) is 0 Å². The molecule has 0 amide bonds. The summed E-state index contributed by atoms with van der Waals surface area (Å²) in [6.07, 6.45) is 0. The Morgan fingerprint density at radius 1 is 0.600 bits per heavy atom. The van der Waals surface area contributed by atoms with Crippen LogP contribution in [0.3, 0.4) is 0 Å². The fraction of sp³-hybridized carbons (Fsp3) is 0. The van der Waals surface area contributed by atoms with Crippen molar-refractivity contribution in [2.45, 2.75) is 0 Å². The maximum absolute atomic E-state index is 8.42. The van der Waals surface area contributed by atoms with E-state index in [2.05, 4.69) is 0 Å². The molecule has 0 aliphatic rings. The normalized spacial score (nSPS) is 5.40. The molecule has 1 radical (unpaired) electrons. The van der Waals surface area contributed by atoms with Gasteiger partial charge in [-0.15, -0.1) is 0 Å². The Bertz CT molecular complexity index is 31.2. The molecule has 10 heavy (non-hydrogen) atoms. The topological polar surface area (TPSA) is 138 Å². The van der Waals surface area contributed by atoms with Crippen molar-refractivity contribution in [3.8, 4) is 0 Å². The van der Waals surface area contributed by atoms with Crippen molar-refractivity contribution in [2.24, 2.45) is 0 Å². The van der Waals surface area contributed by atoms with Crippen molar-refractivity contribution in [2.75, 3.05) is 0 Å². The van der Waals surface area contributed by atoms with Crippen LogP contribution in [0.2, 0.25) is 0 Å². The number of hydrogen-bond acceptors (Lipinski definition) is 6. The van der Waals surface area contributed by atoms with E-state index in [1.165, 1.54) is 0 Å². The zero-order chi connectivity index (χ0) is 7.15. The molecular formula is AlB2DyO6. The Hall–Kier alpha value is 1.70.